The van der Waals surface area contributed by atoms with Crippen molar-refractivity contribution in [2.24, 2.45) is 0 Å². The van der Waals surface area contributed by atoms with Crippen LogP contribution in [0.4, 0.5) is 4.39 Å². The summed E-state index contributed by atoms with van der Waals surface area (Å²) < 4.78 is 15.3. The van der Waals surface area contributed by atoms with Crippen LogP contribution in [0.15, 0.2) is 30.5 Å². The standard InChI is InChI=1S/C15H17FN4O/c16-13-4-2-1-3-11(13)9-15(21)14-10-20(19-18-14)12-5-7-17-8-6-12/h1-4,10,12,17H,5-9H2. The second kappa shape index (κ2) is 6.13. The largest absolute Gasteiger partial charge is 0.317 e. The van der Waals surface area contributed by atoms with E-state index in [1.54, 1.807) is 29.1 Å². The summed E-state index contributed by atoms with van der Waals surface area (Å²) in [6, 6.07) is 6.58. The summed E-state index contributed by atoms with van der Waals surface area (Å²) in [5.41, 5.74) is 0.690. The van der Waals surface area contributed by atoms with Gasteiger partial charge >= 0.3 is 0 Å². The minimum Gasteiger partial charge on any atom is -0.317 e. The van der Waals surface area contributed by atoms with Crippen LogP contribution in [0.1, 0.15) is 34.9 Å². The van der Waals surface area contributed by atoms with Gasteiger partial charge in [0, 0.05) is 6.42 Å². The molecule has 1 fully saturated rings. The quantitative estimate of drug-likeness (QED) is 0.871. The molecule has 0 radical (unpaired) electrons. The van der Waals surface area contributed by atoms with Gasteiger partial charge in [0.05, 0.1) is 12.2 Å². The number of nitrogens with zero attached hydrogens (tertiary/aromatic N) is 3. The van der Waals surface area contributed by atoms with E-state index in [4.69, 9.17) is 0 Å². The van der Waals surface area contributed by atoms with Crippen molar-refractivity contribution in [1.29, 1.82) is 0 Å². The average molecular weight is 288 g/mol. The molecule has 0 saturated carbocycles. The van der Waals surface area contributed by atoms with Crippen molar-refractivity contribution in [3.8, 4) is 0 Å². The lowest BCUT2D eigenvalue weighted by Gasteiger charge is -2.22. The highest BCUT2D eigenvalue weighted by Crippen LogP contribution is 2.17. The number of nitrogens with one attached hydrogen (secondary N) is 1. The molecule has 2 aromatic rings. The number of Topliss-reactive ketones (excluding diaryl/α,β-unsaturated/α-hetero) is 1. The third kappa shape index (κ3) is 3.16. The van der Waals surface area contributed by atoms with Crippen LogP contribution in [0.2, 0.25) is 0 Å². The van der Waals surface area contributed by atoms with E-state index in [2.05, 4.69) is 15.6 Å². The number of carbonyl (C=O) groups excluding carboxylic acids is 1. The lowest BCUT2D eigenvalue weighted by Crippen LogP contribution is -2.29. The highest BCUT2D eigenvalue weighted by atomic mass is 19.1. The van der Waals surface area contributed by atoms with E-state index >= 15 is 0 Å². The van der Waals surface area contributed by atoms with E-state index < -0.39 is 0 Å². The zero-order chi connectivity index (χ0) is 14.7. The molecule has 1 aromatic carbocycles. The van der Waals surface area contributed by atoms with Crippen LogP contribution in [0.5, 0.6) is 0 Å². The van der Waals surface area contributed by atoms with Crippen LogP contribution in [-0.2, 0) is 6.42 Å². The third-order valence-electron chi connectivity index (χ3n) is 3.79. The molecule has 0 bridgehead atoms. The summed E-state index contributed by atoms with van der Waals surface area (Å²) in [6.45, 7) is 1.89. The first-order valence-corrected chi connectivity index (χ1v) is 7.13. The average Bonchev–Trinajstić information content (AvgIpc) is 3.00. The zero-order valence-corrected chi connectivity index (χ0v) is 11.6. The van der Waals surface area contributed by atoms with Gasteiger partial charge in [-0.3, -0.25) is 4.79 Å². The summed E-state index contributed by atoms with van der Waals surface area (Å²) in [7, 11) is 0. The normalized spacial score (nSPS) is 16.0. The van der Waals surface area contributed by atoms with Crippen molar-refractivity contribution in [3.63, 3.8) is 0 Å². The number of ketones is 1. The SMILES string of the molecule is O=C(Cc1ccccc1F)c1cn(C2CCNCC2)nn1. The maximum atomic E-state index is 13.6. The fourth-order valence-electron chi connectivity index (χ4n) is 2.56. The number of aromatic nitrogens is 3. The molecular weight excluding hydrogens is 271 g/mol. The molecular formula is C15H17FN4O. The molecule has 5 nitrogen and oxygen atoms in total. The first-order valence-electron chi connectivity index (χ1n) is 7.13. The topological polar surface area (TPSA) is 59.8 Å². The van der Waals surface area contributed by atoms with Crippen molar-refractivity contribution in [1.82, 2.24) is 20.3 Å². The van der Waals surface area contributed by atoms with Crippen molar-refractivity contribution in [2.75, 3.05) is 13.1 Å². The molecule has 0 amide bonds. The summed E-state index contributed by atoms with van der Waals surface area (Å²) >= 11 is 0. The van der Waals surface area contributed by atoms with Crippen molar-refractivity contribution in [2.45, 2.75) is 25.3 Å². The van der Waals surface area contributed by atoms with Gasteiger partial charge in [-0.05, 0) is 37.6 Å². The molecule has 2 heterocycles. The Hall–Kier alpha value is -2.08. The molecule has 0 spiro atoms. The molecule has 1 saturated heterocycles. The Labute approximate surface area is 122 Å². The van der Waals surface area contributed by atoms with Crippen LogP contribution >= 0.6 is 0 Å². The van der Waals surface area contributed by atoms with Crippen molar-refractivity contribution >= 4 is 5.78 Å². The van der Waals surface area contributed by atoms with E-state index in [1.165, 1.54) is 6.07 Å². The number of hydrogen-bond donors (Lipinski definition) is 1. The Kier molecular flexibility index (Phi) is 4.06. The van der Waals surface area contributed by atoms with E-state index in [0.29, 0.717) is 11.3 Å². The molecule has 6 heteroatoms. The first kappa shape index (κ1) is 13.9. The summed E-state index contributed by atoms with van der Waals surface area (Å²) in [4.78, 5) is 12.2. The molecule has 1 aliphatic heterocycles. The van der Waals surface area contributed by atoms with E-state index in [0.717, 1.165) is 25.9 Å². The second-order valence-electron chi connectivity index (χ2n) is 5.26. The number of carbonyl (C=O) groups is 1. The molecule has 1 N–H and O–H groups in total. The van der Waals surface area contributed by atoms with Gasteiger partial charge in [0.25, 0.3) is 0 Å². The van der Waals surface area contributed by atoms with Crippen molar-refractivity contribution < 1.29 is 9.18 Å². The molecule has 21 heavy (non-hydrogen) atoms. The minimum atomic E-state index is -0.364. The van der Waals surface area contributed by atoms with Crippen LogP contribution in [0.3, 0.4) is 0 Å². The van der Waals surface area contributed by atoms with Crippen LogP contribution in [0, 0.1) is 5.82 Å². The van der Waals surface area contributed by atoms with E-state index in [9.17, 15) is 9.18 Å². The van der Waals surface area contributed by atoms with Gasteiger partial charge in [-0.2, -0.15) is 0 Å². The maximum Gasteiger partial charge on any atom is 0.189 e. The highest BCUT2D eigenvalue weighted by molar-refractivity contribution is 5.95. The minimum absolute atomic E-state index is 0.0115. The summed E-state index contributed by atoms with van der Waals surface area (Å²) in [6.07, 6.45) is 3.64. The summed E-state index contributed by atoms with van der Waals surface area (Å²) in [5.74, 6) is -0.572. The Bertz CT molecular complexity index is 634. The second-order valence-corrected chi connectivity index (χ2v) is 5.26. The lowest BCUT2D eigenvalue weighted by atomic mass is 10.1. The number of rotatable bonds is 4. The monoisotopic (exact) mass is 288 g/mol. The zero-order valence-electron chi connectivity index (χ0n) is 11.6. The molecule has 3 rings (SSSR count). The fourth-order valence-corrected chi connectivity index (χ4v) is 2.56. The first-order chi connectivity index (χ1) is 10.2. The van der Waals surface area contributed by atoms with Gasteiger partial charge in [0.1, 0.15) is 11.5 Å². The third-order valence-corrected chi connectivity index (χ3v) is 3.79. The van der Waals surface area contributed by atoms with Gasteiger partial charge in [0.2, 0.25) is 0 Å². The number of benzene rings is 1. The van der Waals surface area contributed by atoms with Crippen LogP contribution in [0.25, 0.3) is 0 Å². The van der Waals surface area contributed by atoms with Crippen LogP contribution < -0.4 is 5.32 Å². The van der Waals surface area contributed by atoms with Gasteiger partial charge in [0.15, 0.2) is 5.78 Å². The maximum absolute atomic E-state index is 13.6. The predicted octanol–water partition coefficient (Wildman–Crippen LogP) is 1.77. The van der Waals surface area contributed by atoms with Gasteiger partial charge < -0.3 is 5.32 Å². The molecule has 110 valence electrons. The van der Waals surface area contributed by atoms with Crippen molar-refractivity contribution in [3.05, 3.63) is 47.5 Å². The van der Waals surface area contributed by atoms with Gasteiger partial charge in [-0.1, -0.05) is 23.4 Å². The van der Waals surface area contributed by atoms with E-state index in [-0.39, 0.29) is 24.1 Å². The Morgan fingerprint density at radius 3 is 2.86 bits per heavy atom. The smallest absolute Gasteiger partial charge is 0.189 e. The van der Waals surface area contributed by atoms with Crippen LogP contribution in [-0.4, -0.2) is 33.9 Å². The fraction of sp³-hybridized carbons (Fsp3) is 0.400. The highest BCUT2D eigenvalue weighted by Gasteiger charge is 2.19. The number of piperidine rings is 1. The van der Waals surface area contributed by atoms with Gasteiger partial charge in [-0.15, -0.1) is 5.10 Å². The Morgan fingerprint density at radius 1 is 1.33 bits per heavy atom. The molecule has 1 aromatic heterocycles. The van der Waals surface area contributed by atoms with E-state index in [1.807, 2.05) is 0 Å². The Balaban J connectivity index is 1.71. The van der Waals surface area contributed by atoms with Gasteiger partial charge in [-0.25, -0.2) is 9.07 Å². The summed E-state index contributed by atoms with van der Waals surface area (Å²) in [5, 5.41) is 11.3. The molecule has 0 atom stereocenters. The Morgan fingerprint density at radius 2 is 2.10 bits per heavy atom. The lowest BCUT2D eigenvalue weighted by molar-refractivity contribution is 0.0987. The molecule has 0 aliphatic carbocycles. The number of hydrogen-bond acceptors (Lipinski definition) is 4. The number of halogens is 1. The predicted molar refractivity (Wildman–Crippen MR) is 75.6 cm³/mol. The molecule has 0 unspecified atom stereocenters. The molecule has 1 aliphatic rings.